The van der Waals surface area contributed by atoms with Crippen molar-refractivity contribution in [2.75, 3.05) is 6.54 Å². The number of aryl methyl sites for hydroxylation is 1. The van der Waals surface area contributed by atoms with Crippen molar-refractivity contribution in [2.24, 2.45) is 4.99 Å². The molecule has 1 aliphatic heterocycles. The SMILES string of the molecule is CCN=c1cc2oc3ccc(C)cc3nc-2c2ccccc12.[O-][Cl+3]([O-])([O-])O. The first-order valence-electron chi connectivity index (χ1n) is 8.13. The van der Waals surface area contributed by atoms with Gasteiger partial charge in [0, 0.05) is 23.4 Å². The lowest BCUT2D eigenvalue weighted by Gasteiger charge is -2.10. The second-order valence-electron chi connectivity index (χ2n) is 5.84. The third kappa shape index (κ3) is 4.60. The third-order valence-electron chi connectivity index (χ3n) is 3.85. The summed E-state index contributed by atoms with van der Waals surface area (Å²) >= 11 is 0. The van der Waals surface area contributed by atoms with Crippen molar-refractivity contribution in [3.63, 3.8) is 0 Å². The topological polar surface area (TPSA) is 128 Å². The van der Waals surface area contributed by atoms with Crippen LogP contribution in [0.4, 0.5) is 0 Å². The molecule has 4 rings (SSSR count). The summed E-state index contributed by atoms with van der Waals surface area (Å²) in [5, 5.41) is 3.16. The molecule has 0 spiro atoms. The molecule has 0 radical (unpaired) electrons. The van der Waals surface area contributed by atoms with Gasteiger partial charge in [-0.05, 0) is 31.5 Å². The number of nitrogens with zero attached hydrogens (tertiary/aromatic N) is 2. The van der Waals surface area contributed by atoms with E-state index in [1.165, 1.54) is 5.56 Å². The number of hydrogen-bond acceptors (Lipinski definition) is 7. The quantitative estimate of drug-likeness (QED) is 0.366. The Bertz CT molecular complexity index is 1130. The van der Waals surface area contributed by atoms with Crippen LogP contribution in [0.25, 0.3) is 33.3 Å². The largest absolute Gasteiger partial charge is 0.453 e. The molecule has 7 nitrogen and oxygen atoms in total. The molecule has 2 aliphatic rings. The molecule has 0 amide bonds. The molecule has 0 saturated heterocycles. The summed E-state index contributed by atoms with van der Waals surface area (Å²) in [7, 11) is -4.69. The van der Waals surface area contributed by atoms with E-state index < -0.39 is 10.2 Å². The van der Waals surface area contributed by atoms with Crippen LogP contribution in [0.2, 0.25) is 0 Å². The first-order chi connectivity index (χ1) is 12.8. The van der Waals surface area contributed by atoms with Gasteiger partial charge in [-0.3, -0.25) is 4.99 Å². The molecule has 1 aliphatic carbocycles. The molecular weight excluding hydrogens is 372 g/mol. The molecule has 0 atom stereocenters. The standard InChI is InChI=1S/C19H16N2O.ClHO4/c1-3-20-15-11-18-19(14-7-5-4-6-13(14)15)21-16-10-12(2)8-9-17(16)22-18;2-1(3,4)5/h4-11H,3H2,1-2H3;(H,2,3,4,5). The Morgan fingerprint density at radius 3 is 2.41 bits per heavy atom. The lowest BCUT2D eigenvalue weighted by Crippen LogP contribution is -2.58. The van der Waals surface area contributed by atoms with Crippen molar-refractivity contribution in [3.05, 3.63) is 59.5 Å². The van der Waals surface area contributed by atoms with Gasteiger partial charge in [0.25, 0.3) is 0 Å². The number of halogens is 1. The molecule has 0 fully saturated rings. The Morgan fingerprint density at radius 1 is 1.07 bits per heavy atom. The van der Waals surface area contributed by atoms with Crippen LogP contribution in [0.15, 0.2) is 57.9 Å². The molecule has 8 heteroatoms. The second kappa shape index (κ2) is 7.59. The van der Waals surface area contributed by atoms with E-state index in [1.807, 2.05) is 37.3 Å². The van der Waals surface area contributed by atoms with Crippen LogP contribution < -0.4 is 19.3 Å². The minimum atomic E-state index is -4.69. The first-order valence-corrected chi connectivity index (χ1v) is 9.39. The van der Waals surface area contributed by atoms with Crippen molar-refractivity contribution in [2.45, 2.75) is 13.8 Å². The van der Waals surface area contributed by atoms with Gasteiger partial charge in [0.05, 0.1) is 20.3 Å². The van der Waals surface area contributed by atoms with Crippen LogP contribution in [0, 0.1) is 17.2 Å². The van der Waals surface area contributed by atoms with E-state index in [0.717, 1.165) is 45.2 Å². The van der Waals surface area contributed by atoms with Gasteiger partial charge in [-0.15, -0.1) is 0 Å². The molecule has 2 aromatic carbocycles. The molecule has 0 unspecified atom stereocenters. The minimum absolute atomic E-state index is 0.746. The van der Waals surface area contributed by atoms with Crippen molar-refractivity contribution in [1.29, 1.82) is 0 Å². The van der Waals surface area contributed by atoms with E-state index in [4.69, 9.17) is 28.0 Å². The van der Waals surface area contributed by atoms with E-state index in [1.54, 1.807) is 0 Å². The summed E-state index contributed by atoms with van der Waals surface area (Å²) in [6.45, 7) is 4.85. The Labute approximate surface area is 156 Å². The number of benzene rings is 3. The molecule has 0 bridgehead atoms. The van der Waals surface area contributed by atoms with Crippen LogP contribution in [0.1, 0.15) is 12.5 Å². The number of hydrogen-bond donors (Lipinski definition) is 1. The highest BCUT2D eigenvalue weighted by Crippen LogP contribution is 2.30. The molecule has 1 N–H and O–H groups in total. The van der Waals surface area contributed by atoms with E-state index in [-0.39, 0.29) is 0 Å². The van der Waals surface area contributed by atoms with Crippen LogP contribution in [-0.4, -0.2) is 16.2 Å². The fourth-order valence-electron chi connectivity index (χ4n) is 2.85. The Hall–Kier alpha value is -2.55. The molecule has 0 aromatic heterocycles. The Morgan fingerprint density at radius 2 is 1.74 bits per heavy atom. The van der Waals surface area contributed by atoms with Crippen molar-refractivity contribution in [1.82, 2.24) is 4.98 Å². The van der Waals surface area contributed by atoms with E-state index in [2.05, 4.69) is 30.1 Å². The Balaban J connectivity index is 0.000000376. The highest BCUT2D eigenvalue weighted by atomic mass is 35.7. The zero-order chi connectivity index (χ0) is 19.6. The predicted molar refractivity (Wildman–Crippen MR) is 91.2 cm³/mol. The minimum Gasteiger partial charge on any atom is -0.453 e. The van der Waals surface area contributed by atoms with Crippen LogP contribution in [0.3, 0.4) is 0 Å². The summed E-state index contributed by atoms with van der Waals surface area (Å²) in [5.41, 5.74) is 3.76. The van der Waals surface area contributed by atoms with Gasteiger partial charge < -0.3 is 4.42 Å². The highest BCUT2D eigenvalue weighted by molar-refractivity contribution is 5.96. The maximum Gasteiger partial charge on any atom is 0.155 e. The van der Waals surface area contributed by atoms with Crippen LogP contribution >= 0.6 is 0 Å². The van der Waals surface area contributed by atoms with Gasteiger partial charge >= 0.3 is 0 Å². The fourth-order valence-corrected chi connectivity index (χ4v) is 2.85. The fraction of sp³-hybridized carbons (Fsp3) is 0.158. The summed E-state index contributed by atoms with van der Waals surface area (Å²) in [5.74, 6) is 0.780. The third-order valence-corrected chi connectivity index (χ3v) is 3.85. The van der Waals surface area contributed by atoms with Gasteiger partial charge in [0.15, 0.2) is 11.3 Å². The summed E-state index contributed by atoms with van der Waals surface area (Å²) < 4.78 is 38.8. The van der Waals surface area contributed by atoms with Gasteiger partial charge in [-0.1, -0.05) is 30.3 Å². The van der Waals surface area contributed by atoms with Crippen LogP contribution in [-0.2, 0) is 0 Å². The van der Waals surface area contributed by atoms with Gasteiger partial charge in [-0.2, -0.15) is 14.0 Å². The zero-order valence-corrected chi connectivity index (χ0v) is 15.4. The summed E-state index contributed by atoms with van der Waals surface area (Å²) in [6.07, 6.45) is 0. The lowest BCUT2D eigenvalue weighted by molar-refractivity contribution is -1.92. The average Bonchev–Trinajstić information content (AvgIpc) is 2.59. The van der Waals surface area contributed by atoms with E-state index in [0.29, 0.717) is 0 Å². The first kappa shape index (κ1) is 19.2. The number of aromatic nitrogens is 1. The monoisotopic (exact) mass is 388 g/mol. The van der Waals surface area contributed by atoms with Crippen molar-refractivity contribution >= 4 is 21.9 Å². The molecular formula is C19H17ClN2O5. The second-order valence-corrected chi connectivity index (χ2v) is 6.64. The molecule has 140 valence electrons. The Kier molecular flexibility index (Phi) is 5.41. The van der Waals surface area contributed by atoms with E-state index >= 15 is 0 Å². The van der Waals surface area contributed by atoms with Crippen molar-refractivity contribution < 1.29 is 33.3 Å². The normalized spacial score (nSPS) is 12.4. The average molecular weight is 389 g/mol. The zero-order valence-electron chi connectivity index (χ0n) is 14.7. The summed E-state index contributed by atoms with van der Waals surface area (Å²) in [6, 6.07) is 16.3. The van der Waals surface area contributed by atoms with E-state index in [9.17, 15) is 0 Å². The number of fused-ring (bicyclic) bond motifs is 4. The maximum atomic E-state index is 8.60. The summed E-state index contributed by atoms with van der Waals surface area (Å²) in [4.78, 5) is 9.42. The predicted octanol–water partition coefficient (Wildman–Crippen LogP) is 0.191. The lowest BCUT2D eigenvalue weighted by atomic mass is 10.0. The smallest absolute Gasteiger partial charge is 0.155 e. The molecule has 27 heavy (non-hydrogen) atoms. The maximum absolute atomic E-state index is 8.60. The highest BCUT2D eigenvalue weighted by Gasteiger charge is 2.14. The van der Waals surface area contributed by atoms with Gasteiger partial charge in [-0.25, -0.2) is 4.98 Å². The molecule has 0 saturated carbocycles. The van der Waals surface area contributed by atoms with Crippen molar-refractivity contribution in [3.8, 4) is 11.5 Å². The molecule has 1 heterocycles. The molecule has 2 aromatic rings. The number of rotatable bonds is 1. The van der Waals surface area contributed by atoms with Gasteiger partial charge in [0.1, 0.15) is 11.2 Å². The van der Waals surface area contributed by atoms with Crippen LogP contribution in [0.5, 0.6) is 0 Å². The van der Waals surface area contributed by atoms with Gasteiger partial charge in [0.2, 0.25) is 0 Å².